The predicted molar refractivity (Wildman–Crippen MR) is 91.6 cm³/mol. The molecule has 2 heterocycles. The van der Waals surface area contributed by atoms with Crippen molar-refractivity contribution in [2.45, 2.75) is 12.2 Å². The Morgan fingerprint density at radius 3 is 2.67 bits per heavy atom. The number of nitrogens with one attached hydrogen (secondary N) is 2. The van der Waals surface area contributed by atoms with Crippen molar-refractivity contribution in [3.05, 3.63) is 30.3 Å². The number of thioether (sulfide) groups is 1. The van der Waals surface area contributed by atoms with E-state index in [0.717, 1.165) is 5.69 Å². The Kier molecular flexibility index (Phi) is 4.43. The molecule has 0 aliphatic carbocycles. The van der Waals surface area contributed by atoms with Gasteiger partial charge in [0.15, 0.2) is 17.4 Å². The molecule has 0 saturated carbocycles. The second-order valence-electron chi connectivity index (χ2n) is 5.49. The molecule has 9 heteroatoms. The third-order valence-corrected chi connectivity index (χ3v) is 4.91. The number of aliphatic imine (C=N–C) groups is 1. The van der Waals surface area contributed by atoms with Gasteiger partial charge in [0.1, 0.15) is 0 Å². The number of imide groups is 1. The van der Waals surface area contributed by atoms with Crippen molar-refractivity contribution >= 4 is 40.5 Å². The second kappa shape index (κ2) is 6.52. The molecule has 3 rings (SSSR count). The highest BCUT2D eigenvalue weighted by Crippen LogP contribution is 2.26. The van der Waals surface area contributed by atoms with Gasteiger partial charge >= 0.3 is 6.03 Å². The summed E-state index contributed by atoms with van der Waals surface area (Å²) in [6.45, 7) is 0. The van der Waals surface area contributed by atoms with Gasteiger partial charge in [-0.05, 0) is 12.1 Å². The second-order valence-corrected chi connectivity index (χ2v) is 6.43. The molecular weight excluding hydrogens is 330 g/mol. The van der Waals surface area contributed by atoms with E-state index < -0.39 is 18.2 Å². The van der Waals surface area contributed by atoms with Gasteiger partial charge in [-0.1, -0.05) is 30.0 Å². The summed E-state index contributed by atoms with van der Waals surface area (Å²) in [4.78, 5) is 43.2. The largest absolute Gasteiger partial charge is 0.339 e. The number of para-hydroxylation sites is 1. The molecule has 4 amide bonds. The van der Waals surface area contributed by atoms with E-state index in [2.05, 4.69) is 15.6 Å². The molecule has 1 fully saturated rings. The number of fused-ring (bicyclic) bond motifs is 1. The number of carbonyl (C=O) groups excluding carboxylic acids is 3. The molecule has 8 nitrogen and oxygen atoms in total. The van der Waals surface area contributed by atoms with Gasteiger partial charge in [0.25, 0.3) is 5.91 Å². The first-order valence-electron chi connectivity index (χ1n) is 7.33. The van der Waals surface area contributed by atoms with Gasteiger partial charge in [-0.15, -0.1) is 0 Å². The van der Waals surface area contributed by atoms with Gasteiger partial charge in [0.2, 0.25) is 5.91 Å². The summed E-state index contributed by atoms with van der Waals surface area (Å²) in [6.07, 6.45) is -0.559. The van der Waals surface area contributed by atoms with Crippen molar-refractivity contribution in [2.24, 2.45) is 4.99 Å². The zero-order valence-corrected chi connectivity index (χ0v) is 14.0. The molecule has 0 bridgehead atoms. The molecule has 24 heavy (non-hydrogen) atoms. The minimum Gasteiger partial charge on any atom is -0.339 e. The maximum atomic E-state index is 12.0. The third-order valence-electron chi connectivity index (χ3n) is 3.85. The SMILES string of the molecule is CN1C(=O)NC(=O)C2C1N=C(SCC(=O)Nc1ccccc1)N2C. The Labute approximate surface area is 143 Å². The van der Waals surface area contributed by atoms with Crippen LogP contribution in [0, 0.1) is 0 Å². The van der Waals surface area contributed by atoms with E-state index in [4.69, 9.17) is 0 Å². The van der Waals surface area contributed by atoms with Crippen LogP contribution < -0.4 is 10.6 Å². The van der Waals surface area contributed by atoms with Gasteiger partial charge in [0.05, 0.1) is 5.75 Å². The van der Waals surface area contributed by atoms with Gasteiger partial charge in [-0.3, -0.25) is 14.9 Å². The van der Waals surface area contributed by atoms with Crippen LogP contribution in [0.5, 0.6) is 0 Å². The summed E-state index contributed by atoms with van der Waals surface area (Å²) in [5, 5.41) is 5.64. The molecule has 126 valence electrons. The van der Waals surface area contributed by atoms with Crippen LogP contribution in [0.3, 0.4) is 0 Å². The first kappa shape index (κ1) is 16.3. The Morgan fingerprint density at radius 1 is 1.25 bits per heavy atom. The molecular formula is C15H17N5O3S. The average molecular weight is 347 g/mol. The molecule has 1 aromatic rings. The van der Waals surface area contributed by atoms with Crippen LogP contribution in [0.4, 0.5) is 10.5 Å². The van der Waals surface area contributed by atoms with E-state index >= 15 is 0 Å². The quantitative estimate of drug-likeness (QED) is 0.832. The molecule has 0 aromatic heterocycles. The molecule has 2 aliphatic rings. The zero-order valence-electron chi connectivity index (χ0n) is 13.2. The normalized spacial score (nSPS) is 22.8. The number of hydrogen-bond donors (Lipinski definition) is 2. The van der Waals surface area contributed by atoms with Crippen LogP contribution in [-0.4, -0.2) is 64.9 Å². The maximum Gasteiger partial charge on any atom is 0.325 e. The van der Waals surface area contributed by atoms with E-state index in [9.17, 15) is 14.4 Å². The Bertz CT molecular complexity index is 708. The number of amidine groups is 1. The predicted octanol–water partition coefficient (Wildman–Crippen LogP) is 0.536. The molecule has 1 aromatic carbocycles. The first-order valence-corrected chi connectivity index (χ1v) is 8.32. The summed E-state index contributed by atoms with van der Waals surface area (Å²) in [5.41, 5.74) is 0.725. The molecule has 0 radical (unpaired) electrons. The van der Waals surface area contributed by atoms with Crippen molar-refractivity contribution in [2.75, 3.05) is 25.2 Å². The minimum absolute atomic E-state index is 0.161. The smallest absolute Gasteiger partial charge is 0.325 e. The zero-order chi connectivity index (χ0) is 17.3. The highest BCUT2D eigenvalue weighted by molar-refractivity contribution is 8.14. The number of benzene rings is 1. The number of carbonyl (C=O) groups is 3. The number of anilines is 1. The van der Waals surface area contributed by atoms with Gasteiger partial charge < -0.3 is 15.1 Å². The molecule has 2 N–H and O–H groups in total. The lowest BCUT2D eigenvalue weighted by molar-refractivity contribution is -0.126. The van der Waals surface area contributed by atoms with Crippen LogP contribution in [0.15, 0.2) is 35.3 Å². The fourth-order valence-electron chi connectivity index (χ4n) is 2.58. The summed E-state index contributed by atoms with van der Waals surface area (Å²) >= 11 is 1.24. The number of amides is 4. The average Bonchev–Trinajstić information content (AvgIpc) is 2.89. The van der Waals surface area contributed by atoms with Gasteiger partial charge in [-0.25, -0.2) is 9.79 Å². The molecule has 0 spiro atoms. The molecule has 2 atom stereocenters. The van der Waals surface area contributed by atoms with Crippen molar-refractivity contribution in [1.29, 1.82) is 0 Å². The fourth-order valence-corrected chi connectivity index (χ4v) is 3.41. The van der Waals surface area contributed by atoms with E-state index in [1.54, 1.807) is 31.1 Å². The van der Waals surface area contributed by atoms with Gasteiger partial charge in [-0.2, -0.15) is 0 Å². The summed E-state index contributed by atoms with van der Waals surface area (Å²) in [7, 11) is 3.32. The molecule has 1 saturated heterocycles. The Balaban J connectivity index is 1.62. The standard InChI is InChI=1S/C15H17N5O3S/c1-19-11-12(20(2)14(23)18-13(11)22)17-15(19)24-8-10(21)16-9-6-4-3-5-7-9/h3-7,11-12H,8H2,1-2H3,(H,16,21)(H,18,22,23). The van der Waals surface area contributed by atoms with E-state index in [-0.39, 0.29) is 17.6 Å². The highest BCUT2D eigenvalue weighted by atomic mass is 32.2. The molecule has 2 unspecified atom stereocenters. The van der Waals surface area contributed by atoms with Crippen LogP contribution in [-0.2, 0) is 9.59 Å². The number of hydrogen-bond acceptors (Lipinski definition) is 6. The third kappa shape index (κ3) is 3.07. The lowest BCUT2D eigenvalue weighted by Gasteiger charge is -2.34. The lowest BCUT2D eigenvalue weighted by atomic mass is 10.1. The summed E-state index contributed by atoms with van der Waals surface area (Å²) in [5.74, 6) is -0.374. The molecule has 2 aliphatic heterocycles. The monoisotopic (exact) mass is 347 g/mol. The van der Waals surface area contributed by atoms with Crippen LogP contribution >= 0.6 is 11.8 Å². The maximum absolute atomic E-state index is 12.0. The van der Waals surface area contributed by atoms with Crippen LogP contribution in [0.2, 0.25) is 0 Å². The number of rotatable bonds is 3. The summed E-state index contributed by atoms with van der Waals surface area (Å²) < 4.78 is 0. The van der Waals surface area contributed by atoms with E-state index in [1.807, 2.05) is 18.2 Å². The minimum atomic E-state index is -0.563. The van der Waals surface area contributed by atoms with Crippen LogP contribution in [0.25, 0.3) is 0 Å². The van der Waals surface area contributed by atoms with Gasteiger partial charge in [0, 0.05) is 19.8 Å². The van der Waals surface area contributed by atoms with Crippen molar-refractivity contribution in [3.8, 4) is 0 Å². The topological polar surface area (TPSA) is 94.1 Å². The van der Waals surface area contributed by atoms with Crippen molar-refractivity contribution in [1.82, 2.24) is 15.1 Å². The highest BCUT2D eigenvalue weighted by Gasteiger charge is 2.47. The van der Waals surface area contributed by atoms with Crippen LogP contribution in [0.1, 0.15) is 0 Å². The Hall–Kier alpha value is -2.55. The number of urea groups is 1. The van der Waals surface area contributed by atoms with E-state index in [0.29, 0.717) is 5.17 Å². The summed E-state index contributed by atoms with van der Waals surface area (Å²) in [6, 6.07) is 8.14. The fraction of sp³-hybridized carbons (Fsp3) is 0.333. The first-order chi connectivity index (χ1) is 11.5. The Morgan fingerprint density at radius 2 is 1.96 bits per heavy atom. The lowest BCUT2D eigenvalue weighted by Crippen LogP contribution is -2.63. The number of nitrogens with zero attached hydrogens (tertiary/aromatic N) is 3. The van der Waals surface area contributed by atoms with E-state index in [1.165, 1.54) is 16.7 Å². The van der Waals surface area contributed by atoms with Crippen molar-refractivity contribution < 1.29 is 14.4 Å². The van der Waals surface area contributed by atoms with Crippen molar-refractivity contribution in [3.63, 3.8) is 0 Å². The number of likely N-dealkylation sites (N-methyl/N-ethyl adjacent to an activating group) is 2.